The number of imidazole rings is 1. The van der Waals surface area contributed by atoms with E-state index < -0.39 is 11.6 Å². The fourth-order valence-electron chi connectivity index (χ4n) is 1.72. The van der Waals surface area contributed by atoms with Crippen LogP contribution in [0.2, 0.25) is 0 Å². The van der Waals surface area contributed by atoms with Gasteiger partial charge in [0.25, 0.3) is 0 Å². The van der Waals surface area contributed by atoms with Gasteiger partial charge < -0.3 is 14.6 Å². The summed E-state index contributed by atoms with van der Waals surface area (Å²) in [6.45, 7) is 2.92. The number of rotatable bonds is 5. The zero-order valence-electron chi connectivity index (χ0n) is 10.8. The maximum atomic E-state index is 13.6. The summed E-state index contributed by atoms with van der Waals surface area (Å²) in [7, 11) is 1.60. The summed E-state index contributed by atoms with van der Waals surface area (Å²) >= 11 is 0. The Morgan fingerprint density at radius 3 is 2.89 bits per heavy atom. The summed E-state index contributed by atoms with van der Waals surface area (Å²) in [6, 6.07) is 3.25. The number of benzene rings is 1. The summed E-state index contributed by atoms with van der Waals surface area (Å²) < 4.78 is 33.4. The quantitative estimate of drug-likeness (QED) is 0.905. The van der Waals surface area contributed by atoms with Gasteiger partial charge in [-0.2, -0.15) is 0 Å². The highest BCUT2D eigenvalue weighted by Crippen LogP contribution is 2.20. The van der Waals surface area contributed by atoms with Crippen molar-refractivity contribution in [2.24, 2.45) is 0 Å². The van der Waals surface area contributed by atoms with Crippen LogP contribution in [0.25, 0.3) is 0 Å². The zero-order chi connectivity index (χ0) is 13.8. The van der Waals surface area contributed by atoms with Gasteiger partial charge in [0, 0.05) is 25.9 Å². The first-order valence-electron chi connectivity index (χ1n) is 5.85. The van der Waals surface area contributed by atoms with E-state index in [0.29, 0.717) is 19.1 Å². The molecule has 0 atom stereocenters. The van der Waals surface area contributed by atoms with Gasteiger partial charge in [0.05, 0.1) is 18.0 Å². The summed E-state index contributed by atoms with van der Waals surface area (Å²) in [5.74, 6) is -0.574. The van der Waals surface area contributed by atoms with Crippen LogP contribution in [0.5, 0.6) is 0 Å². The van der Waals surface area contributed by atoms with Crippen molar-refractivity contribution in [1.29, 1.82) is 0 Å². The van der Waals surface area contributed by atoms with Crippen molar-refractivity contribution in [1.82, 2.24) is 9.55 Å². The number of anilines is 2. The van der Waals surface area contributed by atoms with E-state index in [-0.39, 0.29) is 5.69 Å². The minimum atomic E-state index is -0.527. The van der Waals surface area contributed by atoms with Crippen molar-refractivity contribution in [3.05, 3.63) is 41.7 Å². The molecule has 1 heterocycles. The summed E-state index contributed by atoms with van der Waals surface area (Å²) in [4.78, 5) is 4.24. The van der Waals surface area contributed by atoms with Crippen LogP contribution in [-0.2, 0) is 11.3 Å². The highest BCUT2D eigenvalue weighted by molar-refractivity contribution is 5.54. The van der Waals surface area contributed by atoms with Gasteiger partial charge in [-0.15, -0.1) is 0 Å². The zero-order valence-corrected chi connectivity index (χ0v) is 10.8. The first kappa shape index (κ1) is 13.5. The Kier molecular flexibility index (Phi) is 4.11. The summed E-state index contributed by atoms with van der Waals surface area (Å²) in [6.07, 6.45) is 1.82. The number of hydrogen-bond donors (Lipinski definition) is 1. The molecule has 1 N–H and O–H groups in total. The first-order chi connectivity index (χ1) is 9.10. The van der Waals surface area contributed by atoms with E-state index in [1.54, 1.807) is 11.7 Å². The SMILES string of the molecule is COCCn1cc(C)nc1Nc1cc(F)ccc1F. The lowest BCUT2D eigenvalue weighted by atomic mass is 10.3. The molecule has 0 aliphatic rings. The Hall–Kier alpha value is -1.95. The predicted octanol–water partition coefficient (Wildman–Crippen LogP) is 2.86. The van der Waals surface area contributed by atoms with Crippen LogP contribution in [-0.4, -0.2) is 23.3 Å². The van der Waals surface area contributed by atoms with Gasteiger partial charge in [0.15, 0.2) is 0 Å². The molecule has 1 aromatic carbocycles. The number of hydrogen-bond acceptors (Lipinski definition) is 3. The second-order valence-corrected chi connectivity index (χ2v) is 4.14. The highest BCUT2D eigenvalue weighted by Gasteiger charge is 2.09. The summed E-state index contributed by atoms with van der Waals surface area (Å²) in [5.41, 5.74) is 0.847. The molecular weight excluding hydrogens is 252 g/mol. The molecule has 6 heteroatoms. The third kappa shape index (κ3) is 3.29. The maximum absolute atomic E-state index is 13.6. The van der Waals surface area contributed by atoms with Crippen LogP contribution < -0.4 is 5.32 Å². The van der Waals surface area contributed by atoms with E-state index in [9.17, 15) is 8.78 Å². The Balaban J connectivity index is 2.24. The lowest BCUT2D eigenvalue weighted by molar-refractivity contribution is 0.188. The third-order valence-corrected chi connectivity index (χ3v) is 2.61. The van der Waals surface area contributed by atoms with E-state index >= 15 is 0 Å². The highest BCUT2D eigenvalue weighted by atomic mass is 19.1. The molecule has 2 rings (SSSR count). The van der Waals surface area contributed by atoms with Crippen molar-refractivity contribution in [2.75, 3.05) is 19.0 Å². The molecule has 0 fully saturated rings. The van der Waals surface area contributed by atoms with Gasteiger partial charge in [-0.1, -0.05) is 0 Å². The fraction of sp³-hybridized carbons (Fsp3) is 0.308. The monoisotopic (exact) mass is 267 g/mol. The normalized spacial score (nSPS) is 10.7. The Labute approximate surface area is 110 Å². The van der Waals surface area contributed by atoms with Crippen LogP contribution in [0.1, 0.15) is 5.69 Å². The van der Waals surface area contributed by atoms with Crippen LogP contribution in [0.15, 0.2) is 24.4 Å². The molecule has 0 spiro atoms. The van der Waals surface area contributed by atoms with E-state index in [4.69, 9.17) is 4.74 Å². The van der Waals surface area contributed by atoms with E-state index in [2.05, 4.69) is 10.3 Å². The van der Waals surface area contributed by atoms with E-state index in [0.717, 1.165) is 23.9 Å². The largest absolute Gasteiger partial charge is 0.383 e. The molecule has 2 aromatic rings. The molecule has 0 saturated carbocycles. The molecule has 0 bridgehead atoms. The van der Waals surface area contributed by atoms with Gasteiger partial charge in [-0.25, -0.2) is 13.8 Å². The van der Waals surface area contributed by atoms with Crippen molar-refractivity contribution < 1.29 is 13.5 Å². The smallest absolute Gasteiger partial charge is 0.207 e. The second-order valence-electron chi connectivity index (χ2n) is 4.14. The van der Waals surface area contributed by atoms with E-state index in [1.807, 2.05) is 13.1 Å². The number of nitrogens with one attached hydrogen (secondary N) is 1. The van der Waals surface area contributed by atoms with Crippen LogP contribution in [0.3, 0.4) is 0 Å². The second kappa shape index (κ2) is 5.79. The van der Waals surface area contributed by atoms with Crippen LogP contribution in [0.4, 0.5) is 20.4 Å². The van der Waals surface area contributed by atoms with Crippen LogP contribution >= 0.6 is 0 Å². The number of nitrogens with zero attached hydrogens (tertiary/aromatic N) is 2. The third-order valence-electron chi connectivity index (χ3n) is 2.61. The molecule has 102 valence electrons. The van der Waals surface area contributed by atoms with Gasteiger partial charge in [0.1, 0.15) is 11.6 Å². The number of aromatic nitrogens is 2. The average molecular weight is 267 g/mol. The lowest BCUT2D eigenvalue weighted by Gasteiger charge is -2.10. The van der Waals surface area contributed by atoms with E-state index in [1.165, 1.54) is 0 Å². The average Bonchev–Trinajstić information content (AvgIpc) is 2.71. The lowest BCUT2D eigenvalue weighted by Crippen LogP contribution is -2.08. The molecule has 19 heavy (non-hydrogen) atoms. The molecular formula is C13H15F2N3O. The van der Waals surface area contributed by atoms with Crippen LogP contribution in [0, 0.1) is 18.6 Å². The molecule has 0 aliphatic carbocycles. The topological polar surface area (TPSA) is 39.1 Å². The Bertz CT molecular complexity index is 569. The molecule has 0 aliphatic heterocycles. The van der Waals surface area contributed by atoms with Gasteiger partial charge in [0.2, 0.25) is 5.95 Å². The van der Waals surface area contributed by atoms with Gasteiger partial charge >= 0.3 is 0 Å². The van der Waals surface area contributed by atoms with Crippen molar-refractivity contribution in [3.63, 3.8) is 0 Å². The fourth-order valence-corrected chi connectivity index (χ4v) is 1.72. The molecule has 4 nitrogen and oxygen atoms in total. The maximum Gasteiger partial charge on any atom is 0.207 e. The predicted molar refractivity (Wildman–Crippen MR) is 68.5 cm³/mol. The van der Waals surface area contributed by atoms with Crippen molar-refractivity contribution in [3.8, 4) is 0 Å². The first-order valence-corrected chi connectivity index (χ1v) is 5.85. The molecule has 0 saturated heterocycles. The number of halogens is 2. The standard InChI is InChI=1S/C13H15F2N3O/c1-9-8-18(5-6-19-2)13(16-9)17-12-7-10(14)3-4-11(12)15/h3-4,7-8H,5-6H2,1-2H3,(H,16,17). The van der Waals surface area contributed by atoms with Crippen molar-refractivity contribution in [2.45, 2.75) is 13.5 Å². The minimum absolute atomic E-state index is 0.0595. The van der Waals surface area contributed by atoms with Gasteiger partial charge in [-0.3, -0.25) is 0 Å². The summed E-state index contributed by atoms with van der Waals surface area (Å²) in [5, 5.41) is 2.79. The van der Waals surface area contributed by atoms with Gasteiger partial charge in [-0.05, 0) is 19.1 Å². The Morgan fingerprint density at radius 1 is 1.37 bits per heavy atom. The molecule has 0 unspecified atom stereocenters. The molecule has 0 amide bonds. The number of aryl methyl sites for hydroxylation is 1. The molecule has 1 aromatic heterocycles. The van der Waals surface area contributed by atoms with Crippen molar-refractivity contribution >= 4 is 11.6 Å². The number of ether oxygens (including phenoxy) is 1. The Morgan fingerprint density at radius 2 is 2.16 bits per heavy atom. The minimum Gasteiger partial charge on any atom is -0.383 e. The molecule has 0 radical (unpaired) electrons. The number of methoxy groups -OCH3 is 1.